The molecule has 0 fully saturated rings. The van der Waals surface area contributed by atoms with E-state index in [0.717, 1.165) is 15.4 Å². The fourth-order valence-corrected chi connectivity index (χ4v) is 1.91. The summed E-state index contributed by atoms with van der Waals surface area (Å²) in [6.07, 6.45) is 0.665. The molecule has 18 heavy (non-hydrogen) atoms. The lowest BCUT2D eigenvalue weighted by atomic mass is 10.2. The van der Waals surface area contributed by atoms with Crippen molar-refractivity contribution < 1.29 is 5.11 Å². The summed E-state index contributed by atoms with van der Waals surface area (Å²) in [6, 6.07) is 5.63. The van der Waals surface area contributed by atoms with Gasteiger partial charge in [-0.05, 0) is 24.6 Å². The molecule has 0 aliphatic rings. The molecule has 5 nitrogen and oxygen atoms in total. The van der Waals surface area contributed by atoms with E-state index in [1.54, 1.807) is 0 Å². The minimum absolute atomic E-state index is 0.0849. The highest BCUT2D eigenvalue weighted by Gasteiger charge is 2.06. The summed E-state index contributed by atoms with van der Waals surface area (Å²) in [5, 5.41) is 9.97. The topological polar surface area (TPSA) is 84.4 Å². The van der Waals surface area contributed by atoms with Crippen LogP contribution in [0.25, 0.3) is 10.9 Å². The number of nitrogen functional groups attached to an aromatic ring is 1. The van der Waals surface area contributed by atoms with Gasteiger partial charge in [0.1, 0.15) is 0 Å². The average Bonchev–Trinajstić information content (AvgIpc) is 2.34. The molecule has 1 heterocycles. The largest absolute Gasteiger partial charge is 0.390 e. The van der Waals surface area contributed by atoms with Crippen molar-refractivity contribution >= 4 is 44.3 Å². The summed E-state index contributed by atoms with van der Waals surface area (Å²) < 4.78 is 0.918. The number of benzene rings is 1. The third-order valence-corrected chi connectivity index (χ3v) is 3.00. The molecule has 0 aliphatic carbocycles. The number of aromatic nitrogens is 2. The molecule has 94 valence electrons. The van der Waals surface area contributed by atoms with Crippen LogP contribution in [0.3, 0.4) is 0 Å². The highest BCUT2D eigenvalue weighted by molar-refractivity contribution is 9.10. The summed E-state index contributed by atoms with van der Waals surface area (Å²) in [4.78, 5) is 12.6. The Bertz CT molecular complexity index is 601. The fraction of sp³-hybridized carbons (Fsp3) is 0.250. The lowest BCUT2D eigenvalue weighted by Gasteiger charge is -2.05. The van der Waals surface area contributed by atoms with Gasteiger partial charge in [-0.2, -0.15) is 4.98 Å². The van der Waals surface area contributed by atoms with Crippen LogP contribution < -0.4 is 5.73 Å². The summed E-state index contributed by atoms with van der Waals surface area (Å²) in [6.45, 7) is 1.84. The number of anilines is 1. The van der Waals surface area contributed by atoms with Gasteiger partial charge < -0.3 is 10.8 Å². The molecule has 0 amide bonds. The van der Waals surface area contributed by atoms with Crippen LogP contribution in [0.4, 0.5) is 11.8 Å². The zero-order chi connectivity index (χ0) is 13.1. The maximum Gasteiger partial charge on any atom is 0.222 e. The van der Waals surface area contributed by atoms with Crippen LogP contribution in [0.1, 0.15) is 13.3 Å². The highest BCUT2D eigenvalue weighted by atomic mass is 79.9. The second kappa shape index (κ2) is 5.41. The van der Waals surface area contributed by atoms with E-state index in [9.17, 15) is 0 Å². The predicted molar refractivity (Wildman–Crippen MR) is 76.1 cm³/mol. The van der Waals surface area contributed by atoms with Crippen molar-refractivity contribution in [3.05, 3.63) is 22.7 Å². The molecule has 2 rings (SSSR count). The first-order valence-corrected chi connectivity index (χ1v) is 6.33. The lowest BCUT2D eigenvalue weighted by molar-refractivity contribution is 0.355. The number of rotatable bonds is 3. The summed E-state index contributed by atoms with van der Waals surface area (Å²) >= 11 is 3.38. The number of aliphatic hydroxyl groups excluding tert-OH is 1. The van der Waals surface area contributed by atoms with Gasteiger partial charge in [0.2, 0.25) is 5.95 Å². The number of aliphatic imine (C=N–C) groups is 1. The first-order valence-electron chi connectivity index (χ1n) is 5.54. The Hall–Kier alpha value is -1.53. The maximum atomic E-state index is 9.16. The molecule has 0 radical (unpaired) electrons. The molecule has 1 aromatic heterocycles. The van der Waals surface area contributed by atoms with Crippen molar-refractivity contribution in [1.29, 1.82) is 0 Å². The molecular formula is C12H13BrN4O. The quantitative estimate of drug-likeness (QED) is 0.853. The molecule has 0 spiro atoms. The van der Waals surface area contributed by atoms with E-state index in [2.05, 4.69) is 30.9 Å². The van der Waals surface area contributed by atoms with Crippen molar-refractivity contribution in [2.75, 3.05) is 12.3 Å². The third-order valence-electron chi connectivity index (χ3n) is 2.51. The zero-order valence-corrected chi connectivity index (χ0v) is 11.5. The maximum absolute atomic E-state index is 9.16. The molecule has 0 unspecified atom stereocenters. The van der Waals surface area contributed by atoms with Crippen molar-refractivity contribution in [2.24, 2.45) is 4.99 Å². The van der Waals surface area contributed by atoms with E-state index in [4.69, 9.17) is 10.8 Å². The van der Waals surface area contributed by atoms with Crippen molar-refractivity contribution in [2.45, 2.75) is 13.3 Å². The van der Waals surface area contributed by atoms with E-state index in [1.807, 2.05) is 25.1 Å². The molecule has 0 aliphatic heterocycles. The molecule has 0 bridgehead atoms. The van der Waals surface area contributed by atoms with E-state index in [1.165, 1.54) is 0 Å². The van der Waals surface area contributed by atoms with Crippen LogP contribution in [-0.4, -0.2) is 27.4 Å². The van der Waals surface area contributed by atoms with Gasteiger partial charge in [-0.1, -0.05) is 22.9 Å². The van der Waals surface area contributed by atoms with E-state index < -0.39 is 0 Å². The van der Waals surface area contributed by atoms with Crippen LogP contribution in [0, 0.1) is 0 Å². The van der Waals surface area contributed by atoms with Crippen LogP contribution in [0.2, 0.25) is 0 Å². The van der Waals surface area contributed by atoms with Crippen LogP contribution >= 0.6 is 15.9 Å². The molecule has 1 aromatic carbocycles. The van der Waals surface area contributed by atoms with Crippen molar-refractivity contribution in [3.8, 4) is 0 Å². The highest BCUT2D eigenvalue weighted by Crippen LogP contribution is 2.26. The molecule has 3 N–H and O–H groups in total. The Morgan fingerprint density at radius 3 is 2.89 bits per heavy atom. The van der Waals surface area contributed by atoms with Gasteiger partial charge >= 0.3 is 0 Å². The Balaban J connectivity index is 2.66. The van der Waals surface area contributed by atoms with E-state index in [-0.39, 0.29) is 12.6 Å². The average molecular weight is 309 g/mol. The monoisotopic (exact) mass is 308 g/mol. The lowest BCUT2D eigenvalue weighted by Crippen LogP contribution is -2.03. The number of halogens is 1. The fourth-order valence-electron chi connectivity index (χ4n) is 1.56. The van der Waals surface area contributed by atoms with Gasteiger partial charge in [-0.15, -0.1) is 0 Å². The van der Waals surface area contributed by atoms with E-state index >= 15 is 0 Å². The minimum Gasteiger partial charge on any atom is -0.390 e. The summed E-state index contributed by atoms with van der Waals surface area (Å²) in [7, 11) is 0. The third kappa shape index (κ3) is 2.65. The normalized spacial score (nSPS) is 12.1. The van der Waals surface area contributed by atoms with Crippen molar-refractivity contribution in [1.82, 2.24) is 9.97 Å². The van der Waals surface area contributed by atoms with Crippen LogP contribution in [-0.2, 0) is 0 Å². The molecule has 6 heteroatoms. The van der Waals surface area contributed by atoms with Gasteiger partial charge in [0.25, 0.3) is 0 Å². The number of hydrogen-bond acceptors (Lipinski definition) is 5. The molecule has 0 saturated heterocycles. The van der Waals surface area contributed by atoms with Gasteiger partial charge in [0, 0.05) is 15.6 Å². The predicted octanol–water partition coefficient (Wildman–Crippen LogP) is 2.45. The smallest absolute Gasteiger partial charge is 0.222 e. The molecule has 0 atom stereocenters. The van der Waals surface area contributed by atoms with Gasteiger partial charge in [0.15, 0.2) is 5.82 Å². The van der Waals surface area contributed by atoms with Gasteiger partial charge in [0.05, 0.1) is 12.1 Å². The summed E-state index contributed by atoms with van der Waals surface area (Å²) in [5.74, 6) is 0.670. The number of nitrogens with zero attached hydrogens (tertiary/aromatic N) is 3. The Labute approximate surface area is 113 Å². The number of aliphatic hydroxyl groups is 1. The molecule has 0 saturated carbocycles. The van der Waals surface area contributed by atoms with Crippen molar-refractivity contribution in [3.63, 3.8) is 0 Å². The second-order valence-electron chi connectivity index (χ2n) is 3.76. The minimum atomic E-state index is -0.0849. The Kier molecular flexibility index (Phi) is 3.88. The van der Waals surface area contributed by atoms with Gasteiger partial charge in [-0.25, -0.2) is 9.98 Å². The first-order chi connectivity index (χ1) is 8.63. The number of nitrogens with two attached hydrogens (primary N) is 1. The number of fused-ring (bicyclic) bond motifs is 1. The Morgan fingerprint density at radius 1 is 1.44 bits per heavy atom. The Morgan fingerprint density at radius 2 is 2.22 bits per heavy atom. The molecular weight excluding hydrogens is 296 g/mol. The SMILES string of the molecule is CCC(CO)=Nc1nc(N)nc2cc(Br)ccc12. The standard InChI is InChI=1S/C12H13BrN4O/c1-2-8(6-18)15-11-9-4-3-7(13)5-10(9)16-12(14)17-11/h3-5,18H,2,6H2,1H3,(H2,14,16,17). The van der Waals surface area contributed by atoms with Crippen LogP contribution in [0.5, 0.6) is 0 Å². The zero-order valence-electron chi connectivity index (χ0n) is 9.89. The van der Waals surface area contributed by atoms with E-state index in [0.29, 0.717) is 18.0 Å². The molecule has 2 aromatic rings. The van der Waals surface area contributed by atoms with Gasteiger partial charge in [-0.3, -0.25) is 0 Å². The van der Waals surface area contributed by atoms with Crippen LogP contribution in [0.15, 0.2) is 27.7 Å². The first kappa shape index (κ1) is 12.9. The summed E-state index contributed by atoms with van der Waals surface area (Å²) in [5.41, 5.74) is 7.05. The number of hydrogen-bond donors (Lipinski definition) is 2. The second-order valence-corrected chi connectivity index (χ2v) is 4.67.